The SMILES string of the molecule is C=CCCC(NN)c1cc(C)c(F)cc1F. The Balaban J connectivity index is 2.99. The van der Waals surface area contributed by atoms with Gasteiger partial charge in [0, 0.05) is 17.7 Å². The molecule has 0 fully saturated rings. The Labute approximate surface area is 94.1 Å². The van der Waals surface area contributed by atoms with E-state index in [1.54, 1.807) is 13.0 Å². The maximum atomic E-state index is 13.5. The van der Waals surface area contributed by atoms with E-state index in [0.29, 0.717) is 24.0 Å². The van der Waals surface area contributed by atoms with Crippen molar-refractivity contribution < 1.29 is 8.78 Å². The molecule has 0 saturated carbocycles. The Kier molecular flexibility index (Phi) is 4.58. The van der Waals surface area contributed by atoms with Gasteiger partial charge in [-0.2, -0.15) is 0 Å². The first-order valence-electron chi connectivity index (χ1n) is 5.12. The van der Waals surface area contributed by atoms with E-state index in [9.17, 15) is 8.78 Å². The molecule has 0 saturated heterocycles. The Morgan fingerprint density at radius 3 is 2.69 bits per heavy atom. The summed E-state index contributed by atoms with van der Waals surface area (Å²) in [7, 11) is 0. The van der Waals surface area contributed by atoms with Crippen LogP contribution in [0.4, 0.5) is 8.78 Å². The number of halogens is 2. The third-order valence-corrected chi connectivity index (χ3v) is 2.51. The second-order valence-corrected chi connectivity index (χ2v) is 3.71. The lowest BCUT2D eigenvalue weighted by atomic mass is 10.00. The van der Waals surface area contributed by atoms with Crippen molar-refractivity contribution in [3.05, 3.63) is 47.5 Å². The summed E-state index contributed by atoms with van der Waals surface area (Å²) in [6.45, 7) is 5.19. The minimum atomic E-state index is -0.574. The molecule has 1 rings (SSSR count). The lowest BCUT2D eigenvalue weighted by molar-refractivity contribution is 0.482. The van der Waals surface area contributed by atoms with E-state index >= 15 is 0 Å². The average Bonchev–Trinajstić information content (AvgIpc) is 2.26. The maximum absolute atomic E-state index is 13.5. The first-order valence-corrected chi connectivity index (χ1v) is 5.12. The van der Waals surface area contributed by atoms with Gasteiger partial charge in [-0.15, -0.1) is 6.58 Å². The summed E-state index contributed by atoms with van der Waals surface area (Å²) >= 11 is 0. The van der Waals surface area contributed by atoms with E-state index in [-0.39, 0.29) is 6.04 Å². The van der Waals surface area contributed by atoms with Gasteiger partial charge >= 0.3 is 0 Å². The van der Waals surface area contributed by atoms with E-state index in [1.165, 1.54) is 6.07 Å². The molecule has 0 radical (unpaired) electrons. The summed E-state index contributed by atoms with van der Waals surface area (Å²) in [4.78, 5) is 0. The number of rotatable bonds is 5. The second-order valence-electron chi connectivity index (χ2n) is 3.71. The number of aryl methyl sites for hydroxylation is 1. The molecular weight excluding hydrogens is 210 g/mol. The van der Waals surface area contributed by atoms with Gasteiger partial charge in [0.1, 0.15) is 11.6 Å². The van der Waals surface area contributed by atoms with Gasteiger partial charge in [0.05, 0.1) is 0 Å². The zero-order valence-electron chi connectivity index (χ0n) is 9.26. The fourth-order valence-electron chi connectivity index (χ4n) is 1.56. The molecule has 1 atom stereocenters. The van der Waals surface area contributed by atoms with Gasteiger partial charge in [-0.1, -0.05) is 6.08 Å². The third kappa shape index (κ3) is 2.87. The van der Waals surface area contributed by atoms with Crippen molar-refractivity contribution >= 4 is 0 Å². The van der Waals surface area contributed by atoms with Crippen molar-refractivity contribution in [2.45, 2.75) is 25.8 Å². The number of allylic oxidation sites excluding steroid dienone is 1. The van der Waals surface area contributed by atoms with Crippen LogP contribution in [0.3, 0.4) is 0 Å². The summed E-state index contributed by atoms with van der Waals surface area (Å²) < 4.78 is 26.6. The van der Waals surface area contributed by atoms with Gasteiger partial charge in [0.15, 0.2) is 0 Å². The minimum absolute atomic E-state index is 0.322. The summed E-state index contributed by atoms with van der Waals surface area (Å²) in [5.74, 6) is 4.24. The van der Waals surface area contributed by atoms with Crippen LogP contribution in [0.1, 0.15) is 30.0 Å². The normalized spacial score (nSPS) is 12.5. The van der Waals surface area contributed by atoms with E-state index in [2.05, 4.69) is 12.0 Å². The molecule has 0 aliphatic carbocycles. The number of nitrogens with two attached hydrogens (primary N) is 1. The molecule has 88 valence electrons. The van der Waals surface area contributed by atoms with Gasteiger partial charge in [-0.3, -0.25) is 11.3 Å². The van der Waals surface area contributed by atoms with Crippen molar-refractivity contribution in [2.75, 3.05) is 0 Å². The van der Waals surface area contributed by atoms with Crippen LogP contribution in [0.5, 0.6) is 0 Å². The van der Waals surface area contributed by atoms with Crippen LogP contribution in [-0.4, -0.2) is 0 Å². The van der Waals surface area contributed by atoms with E-state index < -0.39 is 11.6 Å². The highest BCUT2D eigenvalue weighted by atomic mass is 19.1. The largest absolute Gasteiger partial charge is 0.271 e. The topological polar surface area (TPSA) is 38.0 Å². The van der Waals surface area contributed by atoms with Crippen LogP contribution >= 0.6 is 0 Å². The summed E-state index contributed by atoms with van der Waals surface area (Å²) in [6, 6.07) is 2.05. The van der Waals surface area contributed by atoms with Crippen LogP contribution in [0, 0.1) is 18.6 Å². The first-order chi connectivity index (χ1) is 7.60. The number of benzene rings is 1. The molecular formula is C12H16F2N2. The highest BCUT2D eigenvalue weighted by molar-refractivity contribution is 5.28. The summed E-state index contributed by atoms with van der Waals surface area (Å²) in [5.41, 5.74) is 3.33. The summed E-state index contributed by atoms with van der Waals surface area (Å²) in [5, 5.41) is 0. The van der Waals surface area contributed by atoms with Crippen molar-refractivity contribution in [1.29, 1.82) is 0 Å². The fraction of sp³-hybridized carbons (Fsp3) is 0.333. The Bertz CT molecular complexity index is 378. The zero-order chi connectivity index (χ0) is 12.1. The second kappa shape index (κ2) is 5.72. The molecule has 0 aromatic heterocycles. The Morgan fingerprint density at radius 1 is 1.44 bits per heavy atom. The molecule has 16 heavy (non-hydrogen) atoms. The molecule has 0 aliphatic rings. The fourth-order valence-corrected chi connectivity index (χ4v) is 1.56. The van der Waals surface area contributed by atoms with Gasteiger partial charge in [-0.25, -0.2) is 8.78 Å². The smallest absolute Gasteiger partial charge is 0.130 e. The minimum Gasteiger partial charge on any atom is -0.271 e. The molecule has 0 amide bonds. The van der Waals surface area contributed by atoms with Gasteiger partial charge < -0.3 is 0 Å². The van der Waals surface area contributed by atoms with Crippen molar-refractivity contribution in [3.8, 4) is 0 Å². The molecule has 0 heterocycles. The standard InChI is InChI=1S/C12H16F2N2/c1-3-4-5-12(16-15)9-6-8(2)10(13)7-11(9)14/h3,6-7,12,16H,1,4-5,15H2,2H3. The van der Waals surface area contributed by atoms with Gasteiger partial charge in [0.25, 0.3) is 0 Å². The predicted molar refractivity (Wildman–Crippen MR) is 60.6 cm³/mol. The Morgan fingerprint density at radius 2 is 2.12 bits per heavy atom. The highest BCUT2D eigenvalue weighted by Gasteiger charge is 2.15. The van der Waals surface area contributed by atoms with Crippen LogP contribution in [0.2, 0.25) is 0 Å². The lowest BCUT2D eigenvalue weighted by Crippen LogP contribution is -2.28. The van der Waals surface area contributed by atoms with Crippen LogP contribution < -0.4 is 11.3 Å². The lowest BCUT2D eigenvalue weighted by Gasteiger charge is -2.17. The van der Waals surface area contributed by atoms with Crippen LogP contribution in [-0.2, 0) is 0 Å². The molecule has 0 aliphatic heterocycles. The number of nitrogens with one attached hydrogen (secondary N) is 1. The molecule has 3 N–H and O–H groups in total. The molecule has 1 aromatic carbocycles. The van der Waals surface area contributed by atoms with Crippen LogP contribution in [0.15, 0.2) is 24.8 Å². The van der Waals surface area contributed by atoms with E-state index in [4.69, 9.17) is 5.84 Å². The highest BCUT2D eigenvalue weighted by Crippen LogP contribution is 2.23. The molecule has 4 heteroatoms. The van der Waals surface area contributed by atoms with Crippen molar-refractivity contribution in [1.82, 2.24) is 5.43 Å². The van der Waals surface area contributed by atoms with Gasteiger partial charge in [-0.05, 0) is 31.4 Å². The van der Waals surface area contributed by atoms with Gasteiger partial charge in [0.2, 0.25) is 0 Å². The monoisotopic (exact) mass is 226 g/mol. The van der Waals surface area contributed by atoms with Crippen LogP contribution in [0.25, 0.3) is 0 Å². The van der Waals surface area contributed by atoms with E-state index in [1.807, 2.05) is 0 Å². The zero-order valence-corrected chi connectivity index (χ0v) is 9.26. The maximum Gasteiger partial charge on any atom is 0.130 e. The third-order valence-electron chi connectivity index (χ3n) is 2.51. The molecule has 1 unspecified atom stereocenters. The number of hydrogen-bond donors (Lipinski definition) is 2. The predicted octanol–water partition coefficient (Wildman–Crippen LogP) is 2.74. The Hall–Kier alpha value is -1.26. The average molecular weight is 226 g/mol. The quantitative estimate of drug-likeness (QED) is 0.460. The van der Waals surface area contributed by atoms with Crippen molar-refractivity contribution in [3.63, 3.8) is 0 Å². The molecule has 2 nitrogen and oxygen atoms in total. The number of hydrazine groups is 1. The molecule has 0 bridgehead atoms. The molecule has 1 aromatic rings. The molecule has 0 spiro atoms. The van der Waals surface area contributed by atoms with E-state index in [0.717, 1.165) is 6.07 Å². The van der Waals surface area contributed by atoms with Crippen molar-refractivity contribution in [2.24, 2.45) is 5.84 Å². The number of hydrogen-bond acceptors (Lipinski definition) is 2. The first kappa shape index (κ1) is 12.8. The summed E-state index contributed by atoms with van der Waals surface area (Å²) in [6.07, 6.45) is 3.07.